The molecule has 0 N–H and O–H groups in total. The van der Waals surface area contributed by atoms with Crippen LogP contribution in [0.1, 0.15) is 34.7 Å². The van der Waals surface area contributed by atoms with Gasteiger partial charge in [-0.15, -0.1) is 5.10 Å². The van der Waals surface area contributed by atoms with E-state index in [1.807, 2.05) is 39.9 Å². The molecular weight excluding hydrogens is 384 g/mol. The highest BCUT2D eigenvalue weighted by Crippen LogP contribution is 2.34. The second kappa shape index (κ2) is 7.83. The van der Waals surface area contributed by atoms with Crippen LogP contribution >= 0.6 is 0 Å². The van der Waals surface area contributed by atoms with Crippen LogP contribution < -0.4 is 4.74 Å². The highest BCUT2D eigenvalue weighted by molar-refractivity contribution is 5.92. The Kier molecular flexibility index (Phi) is 4.88. The summed E-state index contributed by atoms with van der Waals surface area (Å²) in [6, 6.07) is 9.65. The Morgan fingerprint density at radius 3 is 2.77 bits per heavy atom. The first-order valence-electron chi connectivity index (χ1n) is 10.0. The molecule has 2 aromatic heterocycles. The fourth-order valence-corrected chi connectivity index (χ4v) is 3.97. The minimum Gasteiger partial charge on any atom is -0.487 e. The number of carbonyl (C=O) groups is 1. The van der Waals surface area contributed by atoms with Crippen LogP contribution in [-0.2, 0) is 24.5 Å². The molecule has 1 spiro atoms. The van der Waals surface area contributed by atoms with E-state index in [0.717, 1.165) is 30.0 Å². The summed E-state index contributed by atoms with van der Waals surface area (Å²) in [5, 5.41) is 8.63. The summed E-state index contributed by atoms with van der Waals surface area (Å²) in [6.45, 7) is 2.66. The molecule has 30 heavy (non-hydrogen) atoms. The largest absolute Gasteiger partial charge is 0.487 e. The van der Waals surface area contributed by atoms with Crippen LogP contribution in [0.25, 0.3) is 0 Å². The van der Waals surface area contributed by atoms with E-state index in [9.17, 15) is 4.79 Å². The fourth-order valence-electron chi connectivity index (χ4n) is 3.97. The summed E-state index contributed by atoms with van der Waals surface area (Å²) in [4.78, 5) is 22.5. The van der Waals surface area contributed by atoms with Gasteiger partial charge in [0.05, 0.1) is 30.6 Å². The Bertz CT molecular complexity index is 1020. The van der Waals surface area contributed by atoms with E-state index in [4.69, 9.17) is 9.47 Å². The lowest BCUT2D eigenvalue weighted by atomic mass is 9.89. The smallest absolute Gasteiger partial charge is 0.274 e. The number of amides is 1. The fraction of sp³-hybridized carbons (Fsp3) is 0.381. The molecule has 0 unspecified atom stereocenters. The number of fused-ring (bicyclic) bond motifs is 1. The summed E-state index contributed by atoms with van der Waals surface area (Å²) in [5.41, 5.74) is 1.80. The topological polar surface area (TPSA) is 95.3 Å². The van der Waals surface area contributed by atoms with Gasteiger partial charge in [-0.25, -0.2) is 9.67 Å². The molecule has 2 aliphatic rings. The minimum absolute atomic E-state index is 0.0875. The van der Waals surface area contributed by atoms with Crippen LogP contribution in [0.3, 0.4) is 0 Å². The van der Waals surface area contributed by atoms with Gasteiger partial charge in [-0.1, -0.05) is 23.4 Å². The Morgan fingerprint density at radius 1 is 1.17 bits per heavy atom. The van der Waals surface area contributed by atoms with Crippen LogP contribution in [0, 0.1) is 0 Å². The summed E-state index contributed by atoms with van der Waals surface area (Å²) >= 11 is 0. The number of likely N-dealkylation sites (tertiary alicyclic amines) is 1. The summed E-state index contributed by atoms with van der Waals surface area (Å²) in [5.74, 6) is 0.711. The molecule has 1 fully saturated rings. The zero-order valence-electron chi connectivity index (χ0n) is 16.5. The minimum atomic E-state index is -0.322. The molecule has 9 heteroatoms. The van der Waals surface area contributed by atoms with Gasteiger partial charge < -0.3 is 14.4 Å². The van der Waals surface area contributed by atoms with E-state index in [0.29, 0.717) is 38.5 Å². The second-order valence-electron chi connectivity index (χ2n) is 7.60. The molecular formula is C21H22N6O3. The molecule has 1 aromatic carbocycles. The van der Waals surface area contributed by atoms with Gasteiger partial charge in [0.15, 0.2) is 0 Å². The normalized spacial score (nSPS) is 17.5. The maximum absolute atomic E-state index is 12.6. The Balaban J connectivity index is 1.21. The van der Waals surface area contributed by atoms with Gasteiger partial charge in [0.25, 0.3) is 5.91 Å². The molecule has 4 heterocycles. The highest BCUT2D eigenvalue weighted by Gasteiger charge is 2.41. The molecule has 0 radical (unpaired) electrons. The van der Waals surface area contributed by atoms with Crippen LogP contribution in [-0.4, -0.2) is 54.5 Å². The van der Waals surface area contributed by atoms with Gasteiger partial charge in [0, 0.05) is 25.5 Å². The van der Waals surface area contributed by atoms with Gasteiger partial charge in [-0.05, 0) is 25.0 Å². The molecule has 3 aromatic rings. The third kappa shape index (κ3) is 3.63. The van der Waals surface area contributed by atoms with Crippen LogP contribution in [0.2, 0.25) is 0 Å². The number of nitrogens with zero attached hydrogens (tertiary/aromatic N) is 6. The Labute approximate surface area is 173 Å². The molecule has 154 valence electrons. The quantitative estimate of drug-likeness (QED) is 0.652. The molecule has 0 saturated carbocycles. The molecule has 1 amide bonds. The lowest BCUT2D eigenvalue weighted by Gasteiger charge is -2.43. The molecule has 2 aliphatic heterocycles. The standard InChI is InChI=1S/C21H22N6O3/c28-20(17-12-22-8-9-23-17)26-10-6-21(7-11-26)15-27-19(14-30-21)18(24-25-27)13-29-16-4-2-1-3-5-16/h1-5,8-9,12H,6-7,10-11,13-15H2. The maximum atomic E-state index is 12.6. The second-order valence-corrected chi connectivity index (χ2v) is 7.60. The van der Waals surface area contributed by atoms with E-state index >= 15 is 0 Å². The van der Waals surface area contributed by atoms with Crippen molar-refractivity contribution >= 4 is 5.91 Å². The molecule has 9 nitrogen and oxygen atoms in total. The van der Waals surface area contributed by atoms with Crippen molar-refractivity contribution in [3.05, 3.63) is 66.0 Å². The first-order valence-corrected chi connectivity index (χ1v) is 10.0. The van der Waals surface area contributed by atoms with Crippen molar-refractivity contribution in [3.63, 3.8) is 0 Å². The third-order valence-corrected chi connectivity index (χ3v) is 5.73. The average Bonchev–Trinajstić information content (AvgIpc) is 3.21. The third-order valence-electron chi connectivity index (χ3n) is 5.73. The van der Waals surface area contributed by atoms with E-state index in [-0.39, 0.29) is 11.5 Å². The molecule has 0 atom stereocenters. The number of hydrogen-bond donors (Lipinski definition) is 0. The van der Waals surface area contributed by atoms with E-state index in [1.165, 1.54) is 12.4 Å². The number of rotatable bonds is 4. The van der Waals surface area contributed by atoms with Crippen molar-refractivity contribution in [2.75, 3.05) is 13.1 Å². The SMILES string of the molecule is O=C(c1cnccn1)N1CCC2(CC1)Cn1nnc(COc3ccccc3)c1CO2. The van der Waals surface area contributed by atoms with Gasteiger partial charge in [0.1, 0.15) is 23.7 Å². The average molecular weight is 406 g/mol. The van der Waals surface area contributed by atoms with Crippen molar-refractivity contribution in [2.45, 2.75) is 38.2 Å². The zero-order valence-corrected chi connectivity index (χ0v) is 16.5. The van der Waals surface area contributed by atoms with Crippen molar-refractivity contribution in [1.29, 1.82) is 0 Å². The summed E-state index contributed by atoms with van der Waals surface area (Å²) in [6.07, 6.45) is 6.09. The van der Waals surface area contributed by atoms with Gasteiger partial charge >= 0.3 is 0 Å². The van der Waals surface area contributed by atoms with Crippen molar-refractivity contribution in [1.82, 2.24) is 29.9 Å². The van der Waals surface area contributed by atoms with Gasteiger partial charge in [-0.2, -0.15) is 0 Å². The predicted molar refractivity (Wildman–Crippen MR) is 105 cm³/mol. The van der Waals surface area contributed by atoms with Crippen LogP contribution in [0.15, 0.2) is 48.9 Å². The van der Waals surface area contributed by atoms with Crippen molar-refractivity contribution < 1.29 is 14.3 Å². The summed E-state index contributed by atoms with van der Waals surface area (Å²) < 4.78 is 14.0. The first kappa shape index (κ1) is 18.7. The predicted octanol–water partition coefficient (Wildman–Crippen LogP) is 1.85. The lowest BCUT2D eigenvalue weighted by Crippen LogP contribution is -2.52. The summed E-state index contributed by atoms with van der Waals surface area (Å²) in [7, 11) is 0. The number of hydrogen-bond acceptors (Lipinski definition) is 7. The molecule has 0 aliphatic carbocycles. The van der Waals surface area contributed by atoms with Crippen molar-refractivity contribution in [3.8, 4) is 5.75 Å². The molecule has 0 bridgehead atoms. The number of para-hydroxylation sites is 1. The highest BCUT2D eigenvalue weighted by atomic mass is 16.5. The maximum Gasteiger partial charge on any atom is 0.274 e. The van der Waals surface area contributed by atoms with E-state index < -0.39 is 0 Å². The molecule has 5 rings (SSSR count). The van der Waals surface area contributed by atoms with Crippen LogP contribution in [0.5, 0.6) is 5.75 Å². The van der Waals surface area contributed by atoms with Crippen LogP contribution in [0.4, 0.5) is 0 Å². The Morgan fingerprint density at radius 2 is 2.00 bits per heavy atom. The molecule has 1 saturated heterocycles. The van der Waals surface area contributed by atoms with E-state index in [1.54, 1.807) is 6.20 Å². The van der Waals surface area contributed by atoms with Crippen molar-refractivity contribution in [2.24, 2.45) is 0 Å². The van der Waals surface area contributed by atoms with Gasteiger partial charge in [-0.3, -0.25) is 9.78 Å². The van der Waals surface area contributed by atoms with E-state index in [2.05, 4.69) is 20.3 Å². The number of aromatic nitrogens is 5. The number of benzene rings is 1. The first-order chi connectivity index (χ1) is 14.7. The zero-order chi connectivity index (χ0) is 20.4. The number of piperidine rings is 1. The monoisotopic (exact) mass is 406 g/mol. The number of ether oxygens (including phenoxy) is 2. The van der Waals surface area contributed by atoms with Gasteiger partial charge in [0.2, 0.25) is 0 Å². The Hall–Kier alpha value is -3.33. The number of carbonyl (C=O) groups excluding carboxylic acids is 1. The lowest BCUT2D eigenvalue weighted by molar-refractivity contribution is -0.120.